The number of carbonyl (C=O) groups excluding carboxylic acids is 2. The first kappa shape index (κ1) is 18.5. The van der Waals surface area contributed by atoms with Crippen LogP contribution in [0.3, 0.4) is 0 Å². The Hall–Kier alpha value is -4.25. The minimum absolute atomic E-state index is 0.180. The van der Waals surface area contributed by atoms with Crippen molar-refractivity contribution in [3.05, 3.63) is 117 Å². The third-order valence-electron chi connectivity index (χ3n) is 6.14. The van der Waals surface area contributed by atoms with E-state index in [-0.39, 0.29) is 22.7 Å². The van der Waals surface area contributed by atoms with Crippen LogP contribution in [0.2, 0.25) is 0 Å². The molecule has 0 bridgehead atoms. The standard InChI is InChI=1S/C27H17NO4/c29-24-18-11-5-6-12-19(18)25(30)23-21(24)26-22(17-10-4-7-13-20(17)27(31)32-26)28(23)15-14-16-8-2-1-3-9-16/h1-13H,14-15H2. The minimum atomic E-state index is -0.518. The molecule has 1 aliphatic rings. The van der Waals surface area contributed by atoms with Gasteiger partial charge in [-0.1, -0.05) is 72.8 Å². The maximum absolute atomic E-state index is 13.6. The monoisotopic (exact) mass is 419 g/mol. The Kier molecular flexibility index (Phi) is 3.98. The van der Waals surface area contributed by atoms with E-state index in [9.17, 15) is 14.4 Å². The van der Waals surface area contributed by atoms with Crippen molar-refractivity contribution >= 4 is 33.4 Å². The van der Waals surface area contributed by atoms with Crippen molar-refractivity contribution in [3.63, 3.8) is 0 Å². The Morgan fingerprint density at radius 1 is 0.688 bits per heavy atom. The third-order valence-corrected chi connectivity index (χ3v) is 6.14. The fourth-order valence-electron chi connectivity index (χ4n) is 4.67. The lowest BCUT2D eigenvalue weighted by Crippen LogP contribution is -2.23. The van der Waals surface area contributed by atoms with Gasteiger partial charge in [0.15, 0.2) is 11.4 Å². The highest BCUT2D eigenvalue weighted by atomic mass is 16.4. The molecule has 1 aliphatic carbocycles. The van der Waals surface area contributed by atoms with E-state index in [0.717, 1.165) is 5.56 Å². The largest absolute Gasteiger partial charge is 0.420 e. The first-order valence-corrected chi connectivity index (χ1v) is 10.5. The molecule has 0 aliphatic heterocycles. The minimum Gasteiger partial charge on any atom is -0.420 e. The average molecular weight is 419 g/mol. The average Bonchev–Trinajstić information content (AvgIpc) is 3.16. The zero-order chi connectivity index (χ0) is 21.8. The van der Waals surface area contributed by atoms with Gasteiger partial charge < -0.3 is 8.98 Å². The SMILES string of the molecule is O=C1c2ccccc2C(=O)c2c1c1oc(=O)c3ccccc3c1n2CCc1ccccc1. The molecule has 2 aromatic heterocycles. The molecule has 0 saturated heterocycles. The van der Waals surface area contributed by atoms with Gasteiger partial charge in [0.25, 0.3) is 0 Å². The predicted molar refractivity (Wildman–Crippen MR) is 121 cm³/mol. The topological polar surface area (TPSA) is 69.3 Å². The van der Waals surface area contributed by atoms with E-state index in [4.69, 9.17) is 4.42 Å². The predicted octanol–water partition coefficient (Wildman–Crippen LogP) is 4.77. The van der Waals surface area contributed by atoms with Crippen molar-refractivity contribution < 1.29 is 14.0 Å². The summed E-state index contributed by atoms with van der Waals surface area (Å²) in [5.41, 5.74) is 2.57. The fraction of sp³-hybridized carbons (Fsp3) is 0.0741. The van der Waals surface area contributed by atoms with Gasteiger partial charge in [0, 0.05) is 23.1 Å². The summed E-state index contributed by atoms with van der Waals surface area (Å²) < 4.78 is 7.55. The van der Waals surface area contributed by atoms with Crippen molar-refractivity contribution in [1.29, 1.82) is 0 Å². The van der Waals surface area contributed by atoms with E-state index in [2.05, 4.69) is 0 Å². The maximum Gasteiger partial charge on any atom is 0.344 e. The van der Waals surface area contributed by atoms with E-state index in [1.165, 1.54) is 0 Å². The van der Waals surface area contributed by atoms with Gasteiger partial charge in [-0.3, -0.25) is 9.59 Å². The first-order valence-electron chi connectivity index (χ1n) is 10.5. The number of hydrogen-bond acceptors (Lipinski definition) is 4. The molecular weight excluding hydrogens is 402 g/mol. The highest BCUT2D eigenvalue weighted by Gasteiger charge is 2.37. The summed E-state index contributed by atoms with van der Waals surface area (Å²) in [7, 11) is 0. The summed E-state index contributed by atoms with van der Waals surface area (Å²) in [4.78, 5) is 39.8. The summed E-state index contributed by atoms with van der Waals surface area (Å²) in [6, 6.07) is 23.9. The molecule has 0 spiro atoms. The molecule has 0 atom stereocenters. The van der Waals surface area contributed by atoms with Gasteiger partial charge in [0.1, 0.15) is 5.69 Å². The van der Waals surface area contributed by atoms with Crippen molar-refractivity contribution in [1.82, 2.24) is 4.57 Å². The summed E-state index contributed by atoms with van der Waals surface area (Å²) in [6.45, 7) is 0.467. The van der Waals surface area contributed by atoms with E-state index in [0.29, 0.717) is 46.1 Å². The summed E-state index contributed by atoms with van der Waals surface area (Å²) in [6.07, 6.45) is 0.660. The lowest BCUT2D eigenvalue weighted by atomic mass is 9.88. The van der Waals surface area contributed by atoms with Crippen LogP contribution < -0.4 is 5.63 Å². The van der Waals surface area contributed by atoms with Crippen molar-refractivity contribution in [3.8, 4) is 0 Å². The fourth-order valence-corrected chi connectivity index (χ4v) is 4.67. The van der Waals surface area contributed by atoms with Gasteiger partial charge in [-0.15, -0.1) is 0 Å². The van der Waals surface area contributed by atoms with Crippen LogP contribution in [0.15, 0.2) is 88.1 Å². The van der Waals surface area contributed by atoms with Crippen LogP contribution in [0.1, 0.15) is 37.5 Å². The van der Waals surface area contributed by atoms with Gasteiger partial charge in [-0.05, 0) is 18.1 Å². The Morgan fingerprint density at radius 3 is 2.06 bits per heavy atom. The van der Waals surface area contributed by atoms with Crippen LogP contribution in [0, 0.1) is 0 Å². The summed E-state index contributed by atoms with van der Waals surface area (Å²) in [5, 5.41) is 1.10. The number of hydrogen-bond donors (Lipinski definition) is 0. The number of carbonyl (C=O) groups is 2. The molecular formula is C27H17NO4. The zero-order valence-corrected chi connectivity index (χ0v) is 17.0. The molecule has 5 heteroatoms. The number of rotatable bonds is 3. The molecule has 5 nitrogen and oxygen atoms in total. The Balaban J connectivity index is 1.70. The molecule has 0 saturated carbocycles. The highest BCUT2D eigenvalue weighted by molar-refractivity contribution is 6.32. The molecule has 0 fully saturated rings. The molecule has 2 heterocycles. The number of aryl methyl sites for hydroxylation is 2. The maximum atomic E-state index is 13.6. The normalized spacial score (nSPS) is 12.9. The second-order valence-corrected chi connectivity index (χ2v) is 7.93. The van der Waals surface area contributed by atoms with Gasteiger partial charge in [0.2, 0.25) is 5.78 Å². The Morgan fingerprint density at radius 2 is 1.31 bits per heavy atom. The van der Waals surface area contributed by atoms with Crippen LogP contribution in [0.5, 0.6) is 0 Å². The number of benzene rings is 3. The van der Waals surface area contributed by atoms with Crippen LogP contribution >= 0.6 is 0 Å². The van der Waals surface area contributed by atoms with E-state index in [1.807, 2.05) is 47.0 Å². The van der Waals surface area contributed by atoms with Gasteiger partial charge in [-0.25, -0.2) is 4.79 Å². The molecule has 3 aromatic carbocycles. The van der Waals surface area contributed by atoms with Crippen molar-refractivity contribution in [2.45, 2.75) is 13.0 Å². The smallest absolute Gasteiger partial charge is 0.344 e. The van der Waals surface area contributed by atoms with E-state index in [1.54, 1.807) is 36.4 Å². The van der Waals surface area contributed by atoms with Gasteiger partial charge in [0.05, 0.1) is 16.5 Å². The summed E-state index contributed by atoms with van der Waals surface area (Å²) in [5.74, 6) is -0.525. The van der Waals surface area contributed by atoms with Crippen molar-refractivity contribution in [2.24, 2.45) is 0 Å². The lowest BCUT2D eigenvalue weighted by Gasteiger charge is -2.17. The molecule has 5 aromatic rings. The van der Waals surface area contributed by atoms with Crippen molar-refractivity contribution in [2.75, 3.05) is 0 Å². The van der Waals surface area contributed by atoms with E-state index < -0.39 is 5.63 Å². The van der Waals surface area contributed by atoms with Crippen LogP contribution in [-0.4, -0.2) is 16.1 Å². The Labute approximate surface area is 182 Å². The second-order valence-electron chi connectivity index (χ2n) is 7.93. The summed E-state index contributed by atoms with van der Waals surface area (Å²) >= 11 is 0. The molecule has 154 valence electrons. The molecule has 0 N–H and O–H groups in total. The highest BCUT2D eigenvalue weighted by Crippen LogP contribution is 2.37. The molecule has 32 heavy (non-hydrogen) atoms. The lowest BCUT2D eigenvalue weighted by molar-refractivity contribution is 0.0973. The van der Waals surface area contributed by atoms with Crippen LogP contribution in [0.4, 0.5) is 0 Å². The second kappa shape index (κ2) is 6.89. The van der Waals surface area contributed by atoms with Crippen LogP contribution in [0.25, 0.3) is 21.9 Å². The zero-order valence-electron chi connectivity index (χ0n) is 17.0. The number of fused-ring (bicyclic) bond motifs is 6. The van der Waals surface area contributed by atoms with Gasteiger partial charge in [-0.2, -0.15) is 0 Å². The number of ketones is 2. The number of aromatic nitrogens is 1. The molecule has 0 radical (unpaired) electrons. The van der Waals surface area contributed by atoms with E-state index >= 15 is 0 Å². The molecule has 6 rings (SSSR count). The molecule has 0 amide bonds. The Bertz CT molecular complexity index is 1620. The van der Waals surface area contributed by atoms with Gasteiger partial charge >= 0.3 is 5.63 Å². The number of nitrogens with zero attached hydrogens (tertiary/aromatic N) is 1. The first-order chi connectivity index (χ1) is 15.6. The molecule has 0 unspecified atom stereocenters. The van der Waals surface area contributed by atoms with Crippen LogP contribution in [-0.2, 0) is 13.0 Å². The quantitative estimate of drug-likeness (QED) is 0.415. The third kappa shape index (κ3) is 2.54.